The number of nitro groups is 1. The van der Waals surface area contributed by atoms with Gasteiger partial charge in [0.2, 0.25) is 0 Å². The van der Waals surface area contributed by atoms with Gasteiger partial charge in [0.1, 0.15) is 5.75 Å². The Labute approximate surface area is 136 Å². The number of methoxy groups -OCH3 is 1. The first-order valence-electron chi connectivity index (χ1n) is 6.85. The van der Waals surface area contributed by atoms with Crippen LogP contribution in [0, 0.1) is 10.1 Å². The quantitative estimate of drug-likeness (QED) is 0.619. The molecular formula is C16H14N2O6. The minimum Gasteiger partial charge on any atom is -0.496 e. The van der Waals surface area contributed by atoms with E-state index in [1.807, 2.05) is 0 Å². The number of carboxylic acid groups (broad SMARTS) is 1. The number of amides is 1. The summed E-state index contributed by atoms with van der Waals surface area (Å²) in [5.41, 5.74) is 0.497. The molecule has 0 radical (unpaired) electrons. The fourth-order valence-corrected chi connectivity index (χ4v) is 2.08. The molecule has 0 heterocycles. The summed E-state index contributed by atoms with van der Waals surface area (Å²) < 4.78 is 5.04. The van der Waals surface area contributed by atoms with Gasteiger partial charge in [-0.3, -0.25) is 14.9 Å². The first kappa shape index (κ1) is 16.9. The van der Waals surface area contributed by atoms with Crippen LogP contribution in [0.4, 0.5) is 5.69 Å². The molecule has 1 amide bonds. The van der Waals surface area contributed by atoms with Gasteiger partial charge in [0.05, 0.1) is 23.2 Å². The minimum absolute atomic E-state index is 0.0288. The molecule has 2 N–H and O–H groups in total. The van der Waals surface area contributed by atoms with Crippen LogP contribution in [-0.2, 0) is 6.54 Å². The predicted octanol–water partition coefficient (Wildman–Crippen LogP) is 2.23. The minimum atomic E-state index is -1.07. The lowest BCUT2D eigenvalue weighted by atomic mass is 10.1. The topological polar surface area (TPSA) is 119 Å². The number of non-ortho nitro benzene ring substituents is 1. The van der Waals surface area contributed by atoms with Gasteiger partial charge in [-0.1, -0.05) is 12.1 Å². The monoisotopic (exact) mass is 330 g/mol. The second-order valence-corrected chi connectivity index (χ2v) is 4.83. The zero-order valence-corrected chi connectivity index (χ0v) is 12.7. The van der Waals surface area contributed by atoms with Crippen molar-refractivity contribution < 1.29 is 24.4 Å². The average molecular weight is 330 g/mol. The lowest BCUT2D eigenvalue weighted by Crippen LogP contribution is -2.23. The van der Waals surface area contributed by atoms with Crippen molar-refractivity contribution in [1.29, 1.82) is 0 Å². The number of carbonyl (C=O) groups excluding carboxylic acids is 1. The van der Waals surface area contributed by atoms with Crippen molar-refractivity contribution in [3.63, 3.8) is 0 Å². The van der Waals surface area contributed by atoms with E-state index in [1.54, 1.807) is 12.1 Å². The Bertz CT molecular complexity index is 803. The van der Waals surface area contributed by atoms with Gasteiger partial charge in [0, 0.05) is 18.7 Å². The van der Waals surface area contributed by atoms with Gasteiger partial charge < -0.3 is 15.2 Å². The van der Waals surface area contributed by atoms with Crippen LogP contribution in [0.2, 0.25) is 0 Å². The van der Waals surface area contributed by atoms with E-state index in [0.717, 1.165) is 6.07 Å². The van der Waals surface area contributed by atoms with Crippen molar-refractivity contribution in [2.75, 3.05) is 7.11 Å². The smallest absolute Gasteiger partial charge is 0.335 e. The third-order valence-electron chi connectivity index (χ3n) is 3.27. The molecule has 2 rings (SSSR count). The molecule has 0 atom stereocenters. The number of hydrogen-bond acceptors (Lipinski definition) is 5. The number of carboxylic acids is 1. The number of hydrogen-bond donors (Lipinski definition) is 2. The van der Waals surface area contributed by atoms with Crippen LogP contribution < -0.4 is 10.1 Å². The Balaban J connectivity index is 2.18. The second-order valence-electron chi connectivity index (χ2n) is 4.83. The van der Waals surface area contributed by atoms with E-state index in [4.69, 9.17) is 9.84 Å². The van der Waals surface area contributed by atoms with Crippen LogP contribution in [0.3, 0.4) is 0 Å². The fraction of sp³-hybridized carbons (Fsp3) is 0.125. The molecule has 0 aliphatic heterocycles. The van der Waals surface area contributed by atoms with Gasteiger partial charge in [-0.05, 0) is 23.8 Å². The molecule has 0 unspecified atom stereocenters. The first-order valence-corrected chi connectivity index (χ1v) is 6.85. The molecule has 0 spiro atoms. The lowest BCUT2D eigenvalue weighted by Gasteiger charge is -2.09. The third kappa shape index (κ3) is 3.86. The molecule has 124 valence electrons. The molecule has 0 aliphatic rings. The van der Waals surface area contributed by atoms with E-state index in [9.17, 15) is 19.7 Å². The summed E-state index contributed by atoms with van der Waals surface area (Å²) in [4.78, 5) is 33.4. The standard InChI is InChI=1S/C16H14N2O6/c1-24-14-6-5-12(18(22)23)8-13(14)15(19)17-9-10-3-2-4-11(7-10)16(20)21/h2-8H,9H2,1H3,(H,17,19)(H,20,21). The molecule has 8 nitrogen and oxygen atoms in total. The molecule has 0 fully saturated rings. The molecule has 0 aromatic heterocycles. The van der Waals surface area contributed by atoms with E-state index >= 15 is 0 Å². The fourth-order valence-electron chi connectivity index (χ4n) is 2.08. The Hall–Kier alpha value is -3.42. The number of ether oxygens (including phenoxy) is 1. The number of nitrogens with one attached hydrogen (secondary N) is 1. The number of nitro benzene ring substituents is 1. The highest BCUT2D eigenvalue weighted by Gasteiger charge is 2.17. The second kappa shape index (κ2) is 7.23. The summed E-state index contributed by atoms with van der Waals surface area (Å²) in [6.45, 7) is 0.0752. The molecule has 2 aromatic carbocycles. The highest BCUT2D eigenvalue weighted by molar-refractivity contribution is 5.97. The molecule has 0 saturated heterocycles. The molecular weight excluding hydrogens is 316 g/mol. The highest BCUT2D eigenvalue weighted by Crippen LogP contribution is 2.24. The third-order valence-corrected chi connectivity index (χ3v) is 3.27. The number of nitrogens with zero attached hydrogens (tertiary/aromatic N) is 1. The Morgan fingerprint density at radius 1 is 1.25 bits per heavy atom. The Morgan fingerprint density at radius 2 is 2.00 bits per heavy atom. The maximum Gasteiger partial charge on any atom is 0.335 e. The van der Waals surface area contributed by atoms with Crippen molar-refractivity contribution >= 4 is 17.6 Å². The van der Waals surface area contributed by atoms with Crippen molar-refractivity contribution in [3.8, 4) is 5.75 Å². The first-order chi connectivity index (χ1) is 11.4. The molecule has 24 heavy (non-hydrogen) atoms. The molecule has 2 aromatic rings. The summed E-state index contributed by atoms with van der Waals surface area (Å²) in [7, 11) is 1.36. The largest absolute Gasteiger partial charge is 0.496 e. The highest BCUT2D eigenvalue weighted by atomic mass is 16.6. The molecule has 0 saturated carbocycles. The van der Waals surface area contributed by atoms with Crippen molar-refractivity contribution in [3.05, 3.63) is 69.3 Å². The van der Waals surface area contributed by atoms with Crippen LogP contribution in [0.25, 0.3) is 0 Å². The van der Waals surface area contributed by atoms with E-state index in [0.29, 0.717) is 5.56 Å². The predicted molar refractivity (Wildman–Crippen MR) is 84.2 cm³/mol. The zero-order chi connectivity index (χ0) is 17.7. The van der Waals surface area contributed by atoms with Crippen LogP contribution in [0.5, 0.6) is 5.75 Å². The van der Waals surface area contributed by atoms with E-state index in [1.165, 1.54) is 31.4 Å². The number of aromatic carboxylic acids is 1. The average Bonchev–Trinajstić information content (AvgIpc) is 2.59. The summed E-state index contributed by atoms with van der Waals surface area (Å²) in [5, 5.41) is 22.4. The van der Waals surface area contributed by atoms with Gasteiger partial charge in [-0.2, -0.15) is 0 Å². The van der Waals surface area contributed by atoms with Gasteiger partial charge >= 0.3 is 5.97 Å². The summed E-state index contributed by atoms with van der Waals surface area (Å²) >= 11 is 0. The van der Waals surface area contributed by atoms with Crippen LogP contribution in [0.15, 0.2) is 42.5 Å². The van der Waals surface area contributed by atoms with E-state index < -0.39 is 16.8 Å². The number of benzene rings is 2. The number of carbonyl (C=O) groups is 2. The van der Waals surface area contributed by atoms with Crippen molar-refractivity contribution in [2.45, 2.75) is 6.54 Å². The van der Waals surface area contributed by atoms with Gasteiger partial charge in [-0.25, -0.2) is 4.79 Å². The normalized spacial score (nSPS) is 10.0. The van der Waals surface area contributed by atoms with Crippen LogP contribution in [-0.4, -0.2) is 29.0 Å². The van der Waals surface area contributed by atoms with Crippen LogP contribution >= 0.6 is 0 Å². The van der Waals surface area contributed by atoms with Gasteiger partial charge in [0.25, 0.3) is 11.6 Å². The summed E-state index contributed by atoms with van der Waals surface area (Å²) in [6.07, 6.45) is 0. The zero-order valence-electron chi connectivity index (χ0n) is 12.7. The maximum absolute atomic E-state index is 12.3. The van der Waals surface area contributed by atoms with Gasteiger partial charge in [-0.15, -0.1) is 0 Å². The van der Waals surface area contributed by atoms with Gasteiger partial charge in [0.15, 0.2) is 0 Å². The van der Waals surface area contributed by atoms with Crippen molar-refractivity contribution in [1.82, 2.24) is 5.32 Å². The molecule has 0 aliphatic carbocycles. The summed E-state index contributed by atoms with van der Waals surface area (Å²) in [6, 6.07) is 9.83. The van der Waals surface area contributed by atoms with E-state index in [2.05, 4.69) is 5.32 Å². The summed E-state index contributed by atoms with van der Waals surface area (Å²) in [5.74, 6) is -1.42. The van der Waals surface area contributed by atoms with Crippen LogP contribution in [0.1, 0.15) is 26.3 Å². The van der Waals surface area contributed by atoms with E-state index in [-0.39, 0.29) is 29.1 Å². The molecule has 8 heteroatoms. The Kier molecular flexibility index (Phi) is 5.10. The molecule has 0 bridgehead atoms. The maximum atomic E-state index is 12.3. The Morgan fingerprint density at radius 3 is 2.62 bits per heavy atom. The van der Waals surface area contributed by atoms with Crippen molar-refractivity contribution in [2.24, 2.45) is 0 Å². The number of rotatable bonds is 6. The SMILES string of the molecule is COc1ccc([N+](=O)[O-])cc1C(=O)NCc1cccc(C(=O)O)c1. The lowest BCUT2D eigenvalue weighted by molar-refractivity contribution is -0.384.